The standard InChI is InChI=1S/C11H12FNO4/c1-6-2-3-7(4-8(6)12)10(15)13-9(5-14)11(16)17/h2-4,9,14H,5H2,1H3,(H,13,15)(H,16,17)/t9-/m0/s1. The van der Waals surface area contributed by atoms with Gasteiger partial charge < -0.3 is 15.5 Å². The van der Waals surface area contributed by atoms with Gasteiger partial charge in [-0.15, -0.1) is 0 Å². The second kappa shape index (κ2) is 5.40. The molecule has 0 heterocycles. The lowest BCUT2D eigenvalue weighted by Crippen LogP contribution is -2.43. The molecule has 1 amide bonds. The molecule has 0 radical (unpaired) electrons. The van der Waals surface area contributed by atoms with Crippen LogP contribution < -0.4 is 5.32 Å². The molecule has 1 atom stereocenters. The lowest BCUT2D eigenvalue weighted by molar-refractivity contribution is -0.140. The monoisotopic (exact) mass is 241 g/mol. The first kappa shape index (κ1) is 13.1. The van der Waals surface area contributed by atoms with Gasteiger partial charge in [0.2, 0.25) is 0 Å². The summed E-state index contributed by atoms with van der Waals surface area (Å²) in [7, 11) is 0. The Morgan fingerprint density at radius 1 is 1.47 bits per heavy atom. The molecule has 3 N–H and O–H groups in total. The van der Waals surface area contributed by atoms with Crippen LogP contribution in [-0.2, 0) is 4.79 Å². The molecule has 1 aromatic rings. The summed E-state index contributed by atoms with van der Waals surface area (Å²) in [6, 6.07) is 2.41. The maximum Gasteiger partial charge on any atom is 0.328 e. The summed E-state index contributed by atoms with van der Waals surface area (Å²) >= 11 is 0. The van der Waals surface area contributed by atoms with Gasteiger partial charge in [-0.3, -0.25) is 4.79 Å². The molecule has 0 bridgehead atoms. The van der Waals surface area contributed by atoms with Crippen molar-refractivity contribution in [3.05, 3.63) is 35.1 Å². The van der Waals surface area contributed by atoms with Crippen LogP contribution in [0.2, 0.25) is 0 Å². The van der Waals surface area contributed by atoms with Gasteiger partial charge in [-0.1, -0.05) is 6.07 Å². The highest BCUT2D eigenvalue weighted by atomic mass is 19.1. The second-order valence-corrected chi connectivity index (χ2v) is 3.51. The number of aryl methyl sites for hydroxylation is 1. The first-order valence-corrected chi connectivity index (χ1v) is 4.86. The molecule has 1 rings (SSSR count). The number of benzene rings is 1. The van der Waals surface area contributed by atoms with Crippen LogP contribution in [0, 0.1) is 12.7 Å². The number of amides is 1. The van der Waals surface area contributed by atoms with Crippen LogP contribution >= 0.6 is 0 Å². The molecule has 0 aliphatic rings. The summed E-state index contributed by atoms with van der Waals surface area (Å²) in [6.07, 6.45) is 0. The average Bonchev–Trinajstić information content (AvgIpc) is 2.28. The van der Waals surface area contributed by atoms with Crippen molar-refractivity contribution in [2.45, 2.75) is 13.0 Å². The highest BCUT2D eigenvalue weighted by molar-refractivity contribution is 5.96. The predicted octanol–water partition coefficient (Wildman–Crippen LogP) is 0.309. The molecule has 17 heavy (non-hydrogen) atoms. The van der Waals surface area contributed by atoms with E-state index in [1.54, 1.807) is 6.92 Å². The van der Waals surface area contributed by atoms with Crippen LogP contribution in [-0.4, -0.2) is 34.7 Å². The van der Waals surface area contributed by atoms with Gasteiger partial charge in [0.05, 0.1) is 6.61 Å². The van der Waals surface area contributed by atoms with Gasteiger partial charge in [0.15, 0.2) is 6.04 Å². The summed E-state index contributed by atoms with van der Waals surface area (Å²) < 4.78 is 13.2. The van der Waals surface area contributed by atoms with Gasteiger partial charge >= 0.3 is 5.97 Å². The Hall–Kier alpha value is -1.95. The van der Waals surface area contributed by atoms with E-state index in [2.05, 4.69) is 5.32 Å². The van der Waals surface area contributed by atoms with E-state index in [4.69, 9.17) is 10.2 Å². The molecular formula is C11H12FNO4. The molecule has 0 saturated heterocycles. The molecule has 0 aromatic heterocycles. The number of aliphatic hydroxyl groups is 1. The third kappa shape index (κ3) is 3.25. The zero-order valence-electron chi connectivity index (χ0n) is 9.11. The second-order valence-electron chi connectivity index (χ2n) is 3.51. The van der Waals surface area contributed by atoms with Crippen molar-refractivity contribution in [1.29, 1.82) is 0 Å². The number of aliphatic carboxylic acids is 1. The highest BCUT2D eigenvalue weighted by Crippen LogP contribution is 2.09. The number of aliphatic hydroxyl groups excluding tert-OH is 1. The van der Waals surface area contributed by atoms with Gasteiger partial charge in [0.1, 0.15) is 5.82 Å². The zero-order chi connectivity index (χ0) is 13.0. The van der Waals surface area contributed by atoms with Gasteiger partial charge in [-0.2, -0.15) is 0 Å². The van der Waals surface area contributed by atoms with Crippen molar-refractivity contribution in [3.8, 4) is 0 Å². The van der Waals surface area contributed by atoms with Crippen LogP contribution in [0.4, 0.5) is 4.39 Å². The summed E-state index contributed by atoms with van der Waals surface area (Å²) in [5, 5.41) is 19.4. The fourth-order valence-electron chi connectivity index (χ4n) is 1.16. The Labute approximate surface area is 96.9 Å². The molecule has 6 heteroatoms. The summed E-state index contributed by atoms with van der Waals surface area (Å²) in [5.74, 6) is -2.65. The summed E-state index contributed by atoms with van der Waals surface area (Å²) in [5.41, 5.74) is 0.395. The topological polar surface area (TPSA) is 86.6 Å². The normalized spacial score (nSPS) is 11.9. The quantitative estimate of drug-likeness (QED) is 0.708. The number of rotatable bonds is 4. The Morgan fingerprint density at radius 2 is 2.12 bits per heavy atom. The van der Waals surface area contributed by atoms with Crippen molar-refractivity contribution in [2.24, 2.45) is 0 Å². The minimum absolute atomic E-state index is 0.00722. The molecule has 0 aliphatic heterocycles. The van der Waals surface area contributed by atoms with E-state index >= 15 is 0 Å². The molecule has 0 saturated carbocycles. The Kier molecular flexibility index (Phi) is 4.17. The van der Waals surface area contributed by atoms with Gasteiger partial charge in [0.25, 0.3) is 5.91 Å². The maximum atomic E-state index is 13.2. The molecule has 0 unspecified atom stereocenters. The van der Waals surface area contributed by atoms with Crippen molar-refractivity contribution < 1.29 is 24.2 Å². The molecule has 0 aliphatic carbocycles. The number of halogens is 1. The Balaban J connectivity index is 2.82. The lowest BCUT2D eigenvalue weighted by atomic mass is 10.1. The highest BCUT2D eigenvalue weighted by Gasteiger charge is 2.19. The van der Waals surface area contributed by atoms with Crippen molar-refractivity contribution in [2.75, 3.05) is 6.61 Å². The van der Waals surface area contributed by atoms with E-state index in [1.165, 1.54) is 12.1 Å². The molecule has 0 fully saturated rings. The van der Waals surface area contributed by atoms with Crippen LogP contribution in [0.3, 0.4) is 0 Å². The smallest absolute Gasteiger partial charge is 0.328 e. The van der Waals surface area contributed by atoms with E-state index in [0.29, 0.717) is 5.56 Å². The van der Waals surface area contributed by atoms with Crippen LogP contribution in [0.15, 0.2) is 18.2 Å². The van der Waals surface area contributed by atoms with Crippen molar-refractivity contribution >= 4 is 11.9 Å². The maximum absolute atomic E-state index is 13.2. The number of hydrogen-bond donors (Lipinski definition) is 3. The third-order valence-corrected chi connectivity index (χ3v) is 2.22. The van der Waals surface area contributed by atoms with E-state index < -0.39 is 30.3 Å². The van der Waals surface area contributed by atoms with Crippen LogP contribution in [0.5, 0.6) is 0 Å². The number of carbonyl (C=O) groups is 2. The lowest BCUT2D eigenvalue weighted by Gasteiger charge is -2.11. The fourth-order valence-corrected chi connectivity index (χ4v) is 1.16. The summed E-state index contributed by atoms with van der Waals surface area (Å²) in [4.78, 5) is 22.1. The zero-order valence-corrected chi connectivity index (χ0v) is 9.11. The first-order valence-electron chi connectivity index (χ1n) is 4.86. The Morgan fingerprint density at radius 3 is 2.59 bits per heavy atom. The van der Waals surface area contributed by atoms with Gasteiger partial charge in [-0.05, 0) is 24.6 Å². The third-order valence-electron chi connectivity index (χ3n) is 2.22. The van der Waals surface area contributed by atoms with E-state index in [0.717, 1.165) is 6.07 Å². The summed E-state index contributed by atoms with van der Waals surface area (Å²) in [6.45, 7) is 0.820. The number of carbonyl (C=O) groups excluding carboxylic acids is 1. The molecule has 5 nitrogen and oxygen atoms in total. The minimum Gasteiger partial charge on any atom is -0.480 e. The molecule has 92 valence electrons. The van der Waals surface area contributed by atoms with Gasteiger partial charge in [0, 0.05) is 5.56 Å². The first-order chi connectivity index (χ1) is 7.95. The van der Waals surface area contributed by atoms with Gasteiger partial charge in [-0.25, -0.2) is 9.18 Å². The fraction of sp³-hybridized carbons (Fsp3) is 0.273. The number of nitrogens with one attached hydrogen (secondary N) is 1. The molecule has 1 aromatic carbocycles. The van der Waals surface area contributed by atoms with Crippen molar-refractivity contribution in [1.82, 2.24) is 5.32 Å². The number of carboxylic acid groups (broad SMARTS) is 1. The van der Waals surface area contributed by atoms with E-state index in [-0.39, 0.29) is 5.56 Å². The van der Waals surface area contributed by atoms with Crippen LogP contribution in [0.1, 0.15) is 15.9 Å². The van der Waals surface area contributed by atoms with Crippen molar-refractivity contribution in [3.63, 3.8) is 0 Å². The molecule has 0 spiro atoms. The largest absolute Gasteiger partial charge is 0.480 e. The van der Waals surface area contributed by atoms with E-state index in [1.807, 2.05) is 0 Å². The predicted molar refractivity (Wildman–Crippen MR) is 57.1 cm³/mol. The number of carboxylic acids is 1. The number of hydrogen-bond acceptors (Lipinski definition) is 3. The Bertz CT molecular complexity index is 447. The SMILES string of the molecule is Cc1ccc(C(=O)N[C@@H](CO)C(=O)O)cc1F. The minimum atomic E-state index is -1.40. The molecular weight excluding hydrogens is 229 g/mol. The van der Waals surface area contributed by atoms with E-state index in [9.17, 15) is 14.0 Å². The average molecular weight is 241 g/mol. The van der Waals surface area contributed by atoms with Crippen LogP contribution in [0.25, 0.3) is 0 Å².